The van der Waals surface area contributed by atoms with Gasteiger partial charge in [-0.1, -0.05) is 42.1 Å². The summed E-state index contributed by atoms with van der Waals surface area (Å²) in [6.07, 6.45) is 2.15. The second-order valence-corrected chi connectivity index (χ2v) is 9.92. The third-order valence-electron chi connectivity index (χ3n) is 5.11. The first-order valence-corrected chi connectivity index (χ1v) is 12.8. The molecule has 0 fully saturated rings. The molecule has 0 bridgehead atoms. The Morgan fingerprint density at radius 2 is 1.88 bits per heavy atom. The summed E-state index contributed by atoms with van der Waals surface area (Å²) >= 11 is 1.22. The number of hydrogen-bond acceptors (Lipinski definition) is 7. The predicted octanol–water partition coefficient (Wildman–Crippen LogP) is 1.33. The first-order chi connectivity index (χ1) is 16.3. The third kappa shape index (κ3) is 4.88. The van der Waals surface area contributed by atoms with Gasteiger partial charge in [-0.15, -0.1) is 16.8 Å². The number of benzene rings is 2. The molecule has 34 heavy (non-hydrogen) atoms. The zero-order valence-electron chi connectivity index (χ0n) is 18.0. The Kier molecular flexibility index (Phi) is 6.82. The topological polar surface area (TPSA) is 141 Å². The lowest BCUT2D eigenvalue weighted by Crippen LogP contribution is -2.27. The van der Waals surface area contributed by atoms with Crippen LogP contribution in [0.5, 0.6) is 0 Å². The van der Waals surface area contributed by atoms with E-state index in [0.717, 1.165) is 5.56 Å². The summed E-state index contributed by atoms with van der Waals surface area (Å²) in [6.45, 7) is 4.38. The van der Waals surface area contributed by atoms with E-state index in [4.69, 9.17) is 5.14 Å². The number of sulfonamides is 1. The minimum Gasteiger partial charge on any atom is -0.355 e. The van der Waals surface area contributed by atoms with E-state index in [0.29, 0.717) is 34.8 Å². The van der Waals surface area contributed by atoms with Crippen LogP contribution in [-0.4, -0.2) is 45.8 Å². The predicted molar refractivity (Wildman–Crippen MR) is 130 cm³/mol. The normalized spacial score (nSPS) is 11.7. The number of rotatable bonds is 9. The molecule has 0 saturated heterocycles. The zero-order chi connectivity index (χ0) is 24.3. The molecule has 0 aliphatic carbocycles. The molecular formula is C22H22N6O4S2. The van der Waals surface area contributed by atoms with Crippen molar-refractivity contribution >= 4 is 44.4 Å². The van der Waals surface area contributed by atoms with E-state index in [1.807, 2.05) is 12.1 Å². The second-order valence-electron chi connectivity index (χ2n) is 7.42. The maximum Gasteiger partial charge on any atom is 0.263 e. The van der Waals surface area contributed by atoms with Crippen molar-refractivity contribution in [2.75, 3.05) is 12.3 Å². The lowest BCUT2D eigenvalue weighted by Gasteiger charge is -2.09. The van der Waals surface area contributed by atoms with E-state index in [-0.39, 0.29) is 28.7 Å². The van der Waals surface area contributed by atoms with Gasteiger partial charge in [-0.05, 0) is 36.2 Å². The van der Waals surface area contributed by atoms with E-state index in [1.54, 1.807) is 34.7 Å². The van der Waals surface area contributed by atoms with Gasteiger partial charge in [0, 0.05) is 13.1 Å². The van der Waals surface area contributed by atoms with Gasteiger partial charge in [-0.2, -0.15) is 0 Å². The summed E-state index contributed by atoms with van der Waals surface area (Å²) in [7, 11) is -3.73. The Labute approximate surface area is 199 Å². The van der Waals surface area contributed by atoms with Crippen LogP contribution in [0.15, 0.2) is 76.0 Å². The molecule has 0 aliphatic heterocycles. The van der Waals surface area contributed by atoms with Crippen molar-refractivity contribution in [2.24, 2.45) is 5.14 Å². The van der Waals surface area contributed by atoms with Crippen LogP contribution in [-0.2, 0) is 27.8 Å². The number of para-hydroxylation sites is 1. The molecule has 4 aromatic rings. The Hall–Kier alpha value is -3.48. The number of primary sulfonamides is 1. The maximum absolute atomic E-state index is 12.8. The van der Waals surface area contributed by atoms with Gasteiger partial charge in [0.25, 0.3) is 5.56 Å². The number of nitrogens with two attached hydrogens (primary N) is 1. The monoisotopic (exact) mass is 498 g/mol. The average molecular weight is 499 g/mol. The summed E-state index contributed by atoms with van der Waals surface area (Å²) in [4.78, 5) is 25.3. The number of aromatic nitrogens is 4. The van der Waals surface area contributed by atoms with Gasteiger partial charge in [-0.3, -0.25) is 18.6 Å². The summed E-state index contributed by atoms with van der Waals surface area (Å²) in [6, 6.07) is 13.4. The van der Waals surface area contributed by atoms with Crippen molar-refractivity contribution in [1.29, 1.82) is 0 Å². The first kappa shape index (κ1) is 23.7. The molecule has 0 spiro atoms. The molecule has 3 N–H and O–H groups in total. The van der Waals surface area contributed by atoms with Crippen LogP contribution >= 0.6 is 11.8 Å². The van der Waals surface area contributed by atoms with Crippen molar-refractivity contribution in [3.63, 3.8) is 0 Å². The number of hydrogen-bond donors (Lipinski definition) is 2. The van der Waals surface area contributed by atoms with Crippen molar-refractivity contribution in [3.05, 3.63) is 77.1 Å². The summed E-state index contributed by atoms with van der Waals surface area (Å²) in [5.41, 5.74) is 1.36. The van der Waals surface area contributed by atoms with Crippen LogP contribution in [0.2, 0.25) is 0 Å². The molecule has 10 nitrogen and oxygen atoms in total. The van der Waals surface area contributed by atoms with E-state index < -0.39 is 10.0 Å². The van der Waals surface area contributed by atoms with E-state index in [1.165, 1.54) is 28.5 Å². The third-order valence-corrected chi connectivity index (χ3v) is 6.97. The number of fused-ring (bicyclic) bond motifs is 3. The zero-order valence-corrected chi connectivity index (χ0v) is 19.7. The SMILES string of the molecule is C=CCn1c(=O)c2ccccc2n2c(SCC(=O)NCCc3ccc(S(N)(=O)=O)cc3)nnc12. The highest BCUT2D eigenvalue weighted by Crippen LogP contribution is 2.21. The molecule has 0 radical (unpaired) electrons. The van der Waals surface area contributed by atoms with E-state index >= 15 is 0 Å². The molecule has 0 unspecified atom stereocenters. The van der Waals surface area contributed by atoms with Crippen LogP contribution in [0, 0.1) is 0 Å². The van der Waals surface area contributed by atoms with Crippen molar-refractivity contribution < 1.29 is 13.2 Å². The van der Waals surface area contributed by atoms with E-state index in [2.05, 4.69) is 22.1 Å². The molecule has 2 aromatic carbocycles. The lowest BCUT2D eigenvalue weighted by atomic mass is 10.1. The fourth-order valence-electron chi connectivity index (χ4n) is 3.49. The average Bonchev–Trinajstić information content (AvgIpc) is 3.24. The van der Waals surface area contributed by atoms with Crippen LogP contribution in [0.25, 0.3) is 16.7 Å². The fourth-order valence-corrected chi connectivity index (χ4v) is 4.78. The minimum absolute atomic E-state index is 0.0447. The molecule has 4 rings (SSSR count). The molecule has 0 atom stereocenters. The van der Waals surface area contributed by atoms with Gasteiger partial charge in [0.15, 0.2) is 5.16 Å². The molecule has 0 aliphatic rings. The minimum atomic E-state index is -3.73. The van der Waals surface area contributed by atoms with Gasteiger partial charge in [0.05, 0.1) is 21.6 Å². The summed E-state index contributed by atoms with van der Waals surface area (Å²) in [5, 5.41) is 17.3. The number of nitrogens with zero attached hydrogens (tertiary/aromatic N) is 4. The highest BCUT2D eigenvalue weighted by Gasteiger charge is 2.17. The fraction of sp³-hybridized carbons (Fsp3) is 0.182. The van der Waals surface area contributed by atoms with Crippen molar-refractivity contribution in [3.8, 4) is 0 Å². The molecule has 12 heteroatoms. The molecule has 2 aromatic heterocycles. The van der Waals surface area contributed by atoms with Gasteiger partial charge in [0.1, 0.15) is 0 Å². The van der Waals surface area contributed by atoms with Crippen LogP contribution < -0.4 is 16.0 Å². The van der Waals surface area contributed by atoms with Gasteiger partial charge >= 0.3 is 0 Å². The Morgan fingerprint density at radius 1 is 1.15 bits per heavy atom. The number of nitrogens with one attached hydrogen (secondary N) is 1. The standard InChI is InChI=1S/C22H22N6O4S2/c1-2-13-27-20(30)17-5-3-4-6-18(17)28-21(27)25-26-22(28)33-14-19(29)24-12-11-15-7-9-16(10-8-15)34(23,31)32/h2-10H,1,11-14H2,(H,24,29)(H2,23,31,32). The first-order valence-electron chi connectivity index (χ1n) is 10.3. The Bertz CT molecular complexity index is 1540. The Morgan fingerprint density at radius 3 is 2.59 bits per heavy atom. The van der Waals surface area contributed by atoms with Crippen LogP contribution in [0.1, 0.15) is 5.56 Å². The highest BCUT2D eigenvalue weighted by molar-refractivity contribution is 7.99. The number of thioether (sulfide) groups is 1. The number of allylic oxidation sites excluding steroid dienone is 1. The van der Waals surface area contributed by atoms with Crippen molar-refractivity contribution in [2.45, 2.75) is 23.0 Å². The maximum atomic E-state index is 12.8. The van der Waals surface area contributed by atoms with Crippen LogP contribution in [0.3, 0.4) is 0 Å². The summed E-state index contributed by atoms with van der Waals surface area (Å²) in [5.74, 6) is 0.307. The van der Waals surface area contributed by atoms with Gasteiger partial charge < -0.3 is 5.32 Å². The molecule has 176 valence electrons. The number of carbonyl (C=O) groups excluding carboxylic acids is 1. The molecule has 2 heterocycles. The Balaban J connectivity index is 1.44. The quantitative estimate of drug-likeness (QED) is 0.262. The largest absolute Gasteiger partial charge is 0.355 e. The second kappa shape index (κ2) is 9.79. The molecule has 0 saturated carbocycles. The van der Waals surface area contributed by atoms with Gasteiger partial charge in [-0.25, -0.2) is 13.6 Å². The molecule has 1 amide bonds. The summed E-state index contributed by atoms with van der Waals surface area (Å²) < 4.78 is 25.9. The smallest absolute Gasteiger partial charge is 0.263 e. The van der Waals surface area contributed by atoms with Gasteiger partial charge in [0.2, 0.25) is 21.7 Å². The number of amides is 1. The van der Waals surface area contributed by atoms with E-state index in [9.17, 15) is 18.0 Å². The molecular weight excluding hydrogens is 476 g/mol. The lowest BCUT2D eigenvalue weighted by molar-refractivity contribution is -0.118. The number of carbonyl (C=O) groups is 1. The van der Waals surface area contributed by atoms with Crippen LogP contribution in [0.4, 0.5) is 0 Å². The van der Waals surface area contributed by atoms with Crippen molar-refractivity contribution in [1.82, 2.24) is 24.5 Å². The highest BCUT2D eigenvalue weighted by atomic mass is 32.2.